The number of hydrogen-bond donors (Lipinski definition) is 0. The van der Waals surface area contributed by atoms with Crippen LogP contribution in [-0.2, 0) is 0 Å². The van der Waals surface area contributed by atoms with Crippen molar-refractivity contribution < 1.29 is 9.66 Å². The molecule has 0 radical (unpaired) electrons. The zero-order chi connectivity index (χ0) is 15.9. The van der Waals surface area contributed by atoms with Crippen LogP contribution in [0.2, 0.25) is 0 Å². The number of benzene rings is 1. The van der Waals surface area contributed by atoms with E-state index in [2.05, 4.69) is 16.9 Å². The van der Waals surface area contributed by atoms with Gasteiger partial charge in [0.25, 0.3) is 5.69 Å². The van der Waals surface area contributed by atoms with Crippen LogP contribution in [0.25, 0.3) is 11.0 Å². The first-order chi connectivity index (χ1) is 10.6. The lowest BCUT2D eigenvalue weighted by Crippen LogP contribution is -2.03. The van der Waals surface area contributed by atoms with E-state index in [-0.39, 0.29) is 5.69 Å². The van der Waals surface area contributed by atoms with E-state index < -0.39 is 4.92 Å². The second-order valence-corrected chi connectivity index (χ2v) is 5.31. The zero-order valence-corrected chi connectivity index (χ0v) is 13.0. The molecule has 1 aromatic heterocycles. The average molecular weight is 303 g/mol. The van der Waals surface area contributed by atoms with E-state index >= 15 is 0 Å². The fourth-order valence-electron chi connectivity index (χ4n) is 2.24. The number of unbranched alkanes of at least 4 members (excludes halogenated alkanes) is 4. The summed E-state index contributed by atoms with van der Waals surface area (Å²) in [4.78, 5) is 19.1. The van der Waals surface area contributed by atoms with Gasteiger partial charge in [0.2, 0.25) is 5.88 Å². The van der Waals surface area contributed by atoms with Crippen molar-refractivity contribution >= 4 is 16.7 Å². The van der Waals surface area contributed by atoms with Gasteiger partial charge in [-0.25, -0.2) is 9.97 Å². The fraction of sp³-hybridized carbons (Fsp3) is 0.500. The number of hydrogen-bond acceptors (Lipinski definition) is 5. The number of non-ortho nitro benzene ring substituents is 1. The molecular weight excluding hydrogens is 282 g/mol. The maximum Gasteiger partial charge on any atom is 0.271 e. The maximum atomic E-state index is 10.8. The number of aryl methyl sites for hydroxylation is 1. The second-order valence-electron chi connectivity index (χ2n) is 5.31. The Bertz CT molecular complexity index is 658. The topological polar surface area (TPSA) is 78.2 Å². The summed E-state index contributed by atoms with van der Waals surface area (Å²) in [5, 5.41) is 10.8. The van der Waals surface area contributed by atoms with Gasteiger partial charge in [-0.1, -0.05) is 32.6 Å². The number of rotatable bonds is 8. The van der Waals surface area contributed by atoms with Crippen molar-refractivity contribution in [2.24, 2.45) is 0 Å². The van der Waals surface area contributed by atoms with Gasteiger partial charge in [-0.2, -0.15) is 0 Å². The molecule has 0 bridgehead atoms. The highest BCUT2D eigenvalue weighted by Crippen LogP contribution is 2.22. The van der Waals surface area contributed by atoms with Gasteiger partial charge in [-0.05, 0) is 19.4 Å². The van der Waals surface area contributed by atoms with Crippen LogP contribution in [-0.4, -0.2) is 21.5 Å². The number of nitro benzene ring substituents is 1. The van der Waals surface area contributed by atoms with E-state index in [4.69, 9.17) is 4.74 Å². The molecule has 6 heteroatoms. The normalized spacial score (nSPS) is 10.8. The van der Waals surface area contributed by atoms with E-state index in [0.717, 1.165) is 12.8 Å². The van der Waals surface area contributed by atoms with Crippen molar-refractivity contribution in [3.05, 3.63) is 34.0 Å². The third kappa shape index (κ3) is 4.13. The van der Waals surface area contributed by atoms with E-state index in [9.17, 15) is 10.1 Å². The molecule has 0 aliphatic heterocycles. The molecule has 0 spiro atoms. The Kier molecular flexibility index (Phi) is 5.63. The number of ether oxygens (including phenoxy) is 1. The maximum absolute atomic E-state index is 10.8. The van der Waals surface area contributed by atoms with Gasteiger partial charge >= 0.3 is 0 Å². The first kappa shape index (κ1) is 16.1. The molecule has 0 N–H and O–H groups in total. The van der Waals surface area contributed by atoms with Gasteiger partial charge in [0.05, 0.1) is 22.6 Å². The van der Waals surface area contributed by atoms with Gasteiger partial charge < -0.3 is 4.74 Å². The Hall–Kier alpha value is -2.24. The molecule has 0 unspecified atom stereocenters. The minimum Gasteiger partial charge on any atom is -0.476 e. The first-order valence-electron chi connectivity index (χ1n) is 7.67. The minimum atomic E-state index is -0.435. The lowest BCUT2D eigenvalue weighted by molar-refractivity contribution is -0.384. The molecule has 1 heterocycles. The van der Waals surface area contributed by atoms with Crippen molar-refractivity contribution in [1.82, 2.24) is 9.97 Å². The summed E-state index contributed by atoms with van der Waals surface area (Å²) in [6.07, 6.45) is 5.80. The largest absolute Gasteiger partial charge is 0.476 e. The summed E-state index contributed by atoms with van der Waals surface area (Å²) in [5.41, 5.74) is 1.84. The number of nitro groups is 1. The van der Waals surface area contributed by atoms with Crippen LogP contribution in [0.4, 0.5) is 5.69 Å². The molecule has 1 aromatic carbocycles. The van der Waals surface area contributed by atoms with Gasteiger partial charge in [-0.15, -0.1) is 0 Å². The Labute approximate surface area is 129 Å². The molecule has 118 valence electrons. The molecule has 0 saturated carbocycles. The first-order valence-corrected chi connectivity index (χ1v) is 7.67. The minimum absolute atomic E-state index is 0.0103. The molecule has 0 atom stereocenters. The summed E-state index contributed by atoms with van der Waals surface area (Å²) >= 11 is 0. The van der Waals surface area contributed by atoms with Crippen LogP contribution in [0.1, 0.15) is 44.7 Å². The molecule has 0 aliphatic rings. The summed E-state index contributed by atoms with van der Waals surface area (Å²) in [5.74, 6) is 0.462. The van der Waals surface area contributed by atoms with Crippen LogP contribution >= 0.6 is 0 Å². The molecule has 0 saturated heterocycles. The summed E-state index contributed by atoms with van der Waals surface area (Å²) in [6, 6.07) is 4.47. The third-order valence-electron chi connectivity index (χ3n) is 3.48. The third-order valence-corrected chi connectivity index (χ3v) is 3.48. The Morgan fingerprint density at radius 2 is 1.91 bits per heavy atom. The highest BCUT2D eigenvalue weighted by Gasteiger charge is 2.11. The van der Waals surface area contributed by atoms with Crippen LogP contribution < -0.4 is 4.74 Å². The summed E-state index contributed by atoms with van der Waals surface area (Å²) in [6.45, 7) is 4.61. The molecule has 2 rings (SSSR count). The Balaban J connectivity index is 2.06. The monoisotopic (exact) mass is 303 g/mol. The molecular formula is C16H21N3O3. The van der Waals surface area contributed by atoms with Crippen LogP contribution in [0.5, 0.6) is 5.88 Å². The van der Waals surface area contributed by atoms with Gasteiger partial charge in [0, 0.05) is 12.1 Å². The molecule has 0 fully saturated rings. The molecule has 2 aromatic rings. The van der Waals surface area contributed by atoms with Gasteiger partial charge in [0.15, 0.2) is 0 Å². The molecule has 6 nitrogen and oxygen atoms in total. The fourth-order valence-corrected chi connectivity index (χ4v) is 2.24. The summed E-state index contributed by atoms with van der Waals surface area (Å²) < 4.78 is 5.68. The predicted octanol–water partition coefficient (Wildman–Crippen LogP) is 4.20. The Morgan fingerprint density at radius 3 is 2.64 bits per heavy atom. The van der Waals surface area contributed by atoms with Gasteiger partial charge in [-0.3, -0.25) is 10.1 Å². The highest BCUT2D eigenvalue weighted by atomic mass is 16.6. The van der Waals surface area contributed by atoms with E-state index in [1.54, 1.807) is 6.07 Å². The second kappa shape index (κ2) is 7.68. The molecule has 0 amide bonds. The average Bonchev–Trinajstić information content (AvgIpc) is 2.50. The SMILES string of the molecule is CCCCCCCOc1nc2cc([N+](=O)[O-])ccc2nc1C. The van der Waals surface area contributed by atoms with Crippen molar-refractivity contribution in [3.8, 4) is 5.88 Å². The van der Waals surface area contributed by atoms with Crippen molar-refractivity contribution in [1.29, 1.82) is 0 Å². The van der Waals surface area contributed by atoms with Crippen LogP contribution in [0, 0.1) is 17.0 Å². The van der Waals surface area contributed by atoms with Crippen molar-refractivity contribution in [2.45, 2.75) is 46.0 Å². The van der Waals surface area contributed by atoms with Crippen molar-refractivity contribution in [3.63, 3.8) is 0 Å². The van der Waals surface area contributed by atoms with Crippen LogP contribution in [0.15, 0.2) is 18.2 Å². The molecule has 0 aliphatic carbocycles. The lowest BCUT2D eigenvalue weighted by Gasteiger charge is -2.08. The number of nitrogens with zero attached hydrogens (tertiary/aromatic N) is 3. The van der Waals surface area contributed by atoms with Gasteiger partial charge in [0.1, 0.15) is 5.69 Å². The van der Waals surface area contributed by atoms with Crippen molar-refractivity contribution in [2.75, 3.05) is 6.61 Å². The van der Waals surface area contributed by atoms with Crippen LogP contribution in [0.3, 0.4) is 0 Å². The smallest absolute Gasteiger partial charge is 0.271 e. The number of fused-ring (bicyclic) bond motifs is 1. The Morgan fingerprint density at radius 1 is 1.14 bits per heavy atom. The summed E-state index contributed by atoms with van der Waals surface area (Å²) in [7, 11) is 0. The predicted molar refractivity (Wildman–Crippen MR) is 85.2 cm³/mol. The highest BCUT2D eigenvalue weighted by molar-refractivity contribution is 5.77. The van der Waals surface area contributed by atoms with E-state index in [0.29, 0.717) is 29.2 Å². The lowest BCUT2D eigenvalue weighted by atomic mass is 10.2. The standard InChI is InChI=1S/C16H21N3O3/c1-3-4-5-6-7-10-22-16-12(2)17-14-9-8-13(19(20)21)11-15(14)18-16/h8-9,11H,3-7,10H2,1-2H3. The zero-order valence-electron chi connectivity index (χ0n) is 13.0. The quantitative estimate of drug-likeness (QED) is 0.415. The number of aromatic nitrogens is 2. The van der Waals surface area contributed by atoms with E-state index in [1.807, 2.05) is 6.92 Å². The van der Waals surface area contributed by atoms with E-state index in [1.165, 1.54) is 31.4 Å². The molecule has 22 heavy (non-hydrogen) atoms.